The Bertz CT molecular complexity index is 1150. The fraction of sp³-hybridized carbons (Fsp3) is 0.698. The minimum Gasteiger partial charge on any atom is -0.462 e. The van der Waals surface area contributed by atoms with Crippen molar-refractivity contribution in [3.05, 3.63) is 85.1 Å². The fourth-order valence-electron chi connectivity index (χ4n) is 6.91. The molecule has 0 aliphatic carbocycles. The largest absolute Gasteiger partial charge is 0.462 e. The van der Waals surface area contributed by atoms with E-state index in [1.807, 2.05) is 54.7 Å². The fourth-order valence-corrected chi connectivity index (χ4v) is 6.91. The van der Waals surface area contributed by atoms with E-state index in [1.54, 1.807) is 0 Å². The van der Waals surface area contributed by atoms with Gasteiger partial charge in [-0.15, -0.1) is 0 Å². The molecule has 0 aliphatic rings. The average Bonchev–Trinajstić information content (AvgIpc) is 3.23. The lowest BCUT2D eigenvalue weighted by molar-refractivity contribution is -0.151. The van der Waals surface area contributed by atoms with E-state index in [-0.39, 0.29) is 24.9 Å². The maximum atomic E-state index is 13.1. The molecule has 0 bridgehead atoms. The first-order valence-electron chi connectivity index (χ1n) is 24.4. The summed E-state index contributed by atoms with van der Waals surface area (Å²) in [5.41, 5.74) is 0. The minimum absolute atomic E-state index is 0.0439. The molecule has 6 heteroatoms. The number of carbonyl (C=O) groups is 2. The van der Waals surface area contributed by atoms with Gasteiger partial charge in [0.1, 0.15) is 6.10 Å². The van der Waals surface area contributed by atoms with Gasteiger partial charge in [-0.1, -0.05) is 221 Å². The maximum absolute atomic E-state index is 13.1. The molecular formula is C53H91NO5. The van der Waals surface area contributed by atoms with E-state index in [9.17, 15) is 19.8 Å². The van der Waals surface area contributed by atoms with Crippen molar-refractivity contribution >= 4 is 11.9 Å². The van der Waals surface area contributed by atoms with Gasteiger partial charge in [-0.05, 0) is 64.2 Å². The summed E-state index contributed by atoms with van der Waals surface area (Å²) in [6.45, 7) is 6.27. The quantitative estimate of drug-likeness (QED) is 0.0247. The van der Waals surface area contributed by atoms with Crippen LogP contribution in [-0.2, 0) is 14.3 Å². The van der Waals surface area contributed by atoms with Crippen LogP contribution >= 0.6 is 0 Å². The number of esters is 1. The Balaban J connectivity index is 4.60. The summed E-state index contributed by atoms with van der Waals surface area (Å²) in [6, 6.07) is -0.718. The SMILES string of the molecule is CC\C=C/C=C/C=C/C=C\C=C\C=C\CCCCCC(=O)OC(CCCCC/C=C\CCCC)CC(=O)NC(CO)C(O)CCCCCCCCCCCCCCCC. The van der Waals surface area contributed by atoms with Crippen LogP contribution in [0.2, 0.25) is 0 Å². The van der Waals surface area contributed by atoms with Crippen molar-refractivity contribution in [3.8, 4) is 0 Å². The van der Waals surface area contributed by atoms with Gasteiger partial charge in [-0.2, -0.15) is 0 Å². The summed E-state index contributed by atoms with van der Waals surface area (Å²) in [4.78, 5) is 26.0. The third-order valence-electron chi connectivity index (χ3n) is 10.6. The first-order valence-corrected chi connectivity index (χ1v) is 24.4. The normalized spacial score (nSPS) is 14.1. The van der Waals surface area contributed by atoms with Crippen molar-refractivity contribution in [2.45, 2.75) is 232 Å². The Hall–Kier alpha value is -2.96. The number of hydrogen-bond donors (Lipinski definition) is 3. The van der Waals surface area contributed by atoms with E-state index >= 15 is 0 Å². The predicted octanol–water partition coefficient (Wildman–Crippen LogP) is 14.4. The van der Waals surface area contributed by atoms with Gasteiger partial charge < -0.3 is 20.3 Å². The van der Waals surface area contributed by atoms with Crippen LogP contribution in [0.3, 0.4) is 0 Å². The molecule has 1 amide bonds. The zero-order valence-corrected chi connectivity index (χ0v) is 38.4. The molecule has 0 aliphatic heterocycles. The van der Waals surface area contributed by atoms with Gasteiger partial charge in [-0.25, -0.2) is 0 Å². The van der Waals surface area contributed by atoms with Crippen molar-refractivity contribution in [1.82, 2.24) is 5.32 Å². The highest BCUT2D eigenvalue weighted by atomic mass is 16.5. The van der Waals surface area contributed by atoms with Crippen LogP contribution in [0.25, 0.3) is 0 Å². The standard InChI is InChI=1S/C53H91NO5/c1-4-7-10-13-16-19-21-23-25-26-27-29-31-34-37-40-43-46-53(58)59-49(44-41-38-35-32-18-15-12-9-6-3)47-52(57)54-50(48-55)51(56)45-42-39-36-33-30-28-24-22-20-17-14-11-8-5-2/h7,10,13,15-16,18-19,21,23,25-27,29,31,49-51,55-56H,4-6,8-9,11-12,14,17,20,22,24,28,30,32-48H2,1-3H3,(H,54,57)/b10-7-,16-13+,18-15-,21-19+,25-23-,27-26+,31-29+. The summed E-state index contributed by atoms with van der Waals surface area (Å²) >= 11 is 0. The lowest BCUT2D eigenvalue weighted by Crippen LogP contribution is -2.46. The highest BCUT2D eigenvalue weighted by Crippen LogP contribution is 2.17. The Labute approximate surface area is 363 Å². The Morgan fingerprint density at radius 1 is 0.508 bits per heavy atom. The van der Waals surface area contributed by atoms with Crippen LogP contribution in [0.15, 0.2) is 85.1 Å². The van der Waals surface area contributed by atoms with Gasteiger partial charge >= 0.3 is 5.97 Å². The summed E-state index contributed by atoms with van der Waals surface area (Å²) in [5, 5.41) is 23.7. The van der Waals surface area contributed by atoms with Crippen LogP contribution in [0, 0.1) is 0 Å². The average molecular weight is 822 g/mol. The molecule has 0 heterocycles. The number of carbonyl (C=O) groups excluding carboxylic acids is 2. The molecule has 0 radical (unpaired) electrons. The van der Waals surface area contributed by atoms with E-state index in [2.05, 4.69) is 56.5 Å². The Kier molecular flexibility index (Phi) is 43.8. The number of allylic oxidation sites excluding steroid dienone is 14. The number of hydrogen-bond acceptors (Lipinski definition) is 5. The van der Waals surface area contributed by atoms with Gasteiger partial charge in [0, 0.05) is 6.42 Å². The zero-order valence-electron chi connectivity index (χ0n) is 38.4. The molecule has 0 aromatic heterocycles. The molecule has 59 heavy (non-hydrogen) atoms. The van der Waals surface area contributed by atoms with Crippen LogP contribution in [0.4, 0.5) is 0 Å². The second-order valence-corrected chi connectivity index (χ2v) is 16.3. The number of nitrogens with one attached hydrogen (secondary N) is 1. The highest BCUT2D eigenvalue weighted by Gasteiger charge is 2.24. The van der Waals surface area contributed by atoms with Crippen LogP contribution in [0.1, 0.15) is 213 Å². The van der Waals surface area contributed by atoms with Gasteiger partial charge in [0.15, 0.2) is 0 Å². The molecule has 0 fully saturated rings. The highest BCUT2D eigenvalue weighted by molar-refractivity contribution is 5.77. The molecule has 3 atom stereocenters. The van der Waals surface area contributed by atoms with E-state index in [0.717, 1.165) is 83.5 Å². The molecule has 0 aromatic carbocycles. The van der Waals surface area contributed by atoms with Crippen molar-refractivity contribution in [1.29, 1.82) is 0 Å². The number of rotatable bonds is 42. The maximum Gasteiger partial charge on any atom is 0.306 e. The molecular weight excluding hydrogens is 731 g/mol. The second kappa shape index (κ2) is 46.1. The number of aliphatic hydroxyl groups excluding tert-OH is 2. The monoisotopic (exact) mass is 822 g/mol. The first-order chi connectivity index (χ1) is 29.0. The molecule has 0 spiro atoms. The molecule has 6 nitrogen and oxygen atoms in total. The second-order valence-electron chi connectivity index (χ2n) is 16.3. The molecule has 338 valence electrons. The van der Waals surface area contributed by atoms with E-state index in [1.165, 1.54) is 83.5 Å². The molecule has 3 N–H and O–H groups in total. The summed E-state index contributed by atoms with van der Waals surface area (Å²) in [5.74, 6) is -0.549. The van der Waals surface area contributed by atoms with Crippen LogP contribution in [0.5, 0.6) is 0 Å². The summed E-state index contributed by atoms with van der Waals surface area (Å²) < 4.78 is 5.87. The third kappa shape index (κ3) is 41.6. The summed E-state index contributed by atoms with van der Waals surface area (Å²) in [7, 11) is 0. The topological polar surface area (TPSA) is 95.9 Å². The van der Waals surface area contributed by atoms with Crippen molar-refractivity contribution in [2.75, 3.05) is 6.61 Å². The lowest BCUT2D eigenvalue weighted by atomic mass is 10.0. The van der Waals surface area contributed by atoms with Gasteiger partial charge in [0.25, 0.3) is 0 Å². The molecule has 0 aromatic rings. The van der Waals surface area contributed by atoms with Crippen molar-refractivity contribution in [2.24, 2.45) is 0 Å². The van der Waals surface area contributed by atoms with Crippen LogP contribution in [-0.4, -0.2) is 46.9 Å². The first kappa shape index (κ1) is 56.0. The van der Waals surface area contributed by atoms with Gasteiger partial charge in [0.2, 0.25) is 5.91 Å². The van der Waals surface area contributed by atoms with E-state index in [0.29, 0.717) is 19.3 Å². The molecule has 0 saturated heterocycles. The van der Waals surface area contributed by atoms with Gasteiger partial charge in [0.05, 0.1) is 25.2 Å². The zero-order chi connectivity index (χ0) is 43.1. The number of unbranched alkanes of at least 4 members (excludes halogenated alkanes) is 21. The third-order valence-corrected chi connectivity index (χ3v) is 10.6. The van der Waals surface area contributed by atoms with Gasteiger partial charge in [-0.3, -0.25) is 9.59 Å². The van der Waals surface area contributed by atoms with E-state index < -0.39 is 18.2 Å². The predicted molar refractivity (Wildman–Crippen MR) is 254 cm³/mol. The van der Waals surface area contributed by atoms with Crippen molar-refractivity contribution < 1.29 is 24.5 Å². The Morgan fingerprint density at radius 3 is 1.49 bits per heavy atom. The van der Waals surface area contributed by atoms with Crippen LogP contribution < -0.4 is 5.32 Å². The number of amides is 1. The number of ether oxygens (including phenoxy) is 1. The Morgan fingerprint density at radius 2 is 0.949 bits per heavy atom. The summed E-state index contributed by atoms with van der Waals surface area (Å²) in [6.07, 6.45) is 59.3. The molecule has 0 saturated carbocycles. The van der Waals surface area contributed by atoms with E-state index in [4.69, 9.17) is 4.74 Å². The molecule has 3 unspecified atom stereocenters. The minimum atomic E-state index is -0.802. The lowest BCUT2D eigenvalue weighted by Gasteiger charge is -2.24. The smallest absolute Gasteiger partial charge is 0.306 e. The van der Waals surface area contributed by atoms with Crippen molar-refractivity contribution in [3.63, 3.8) is 0 Å². The number of aliphatic hydroxyl groups is 2. The molecule has 0 rings (SSSR count).